The number of rotatable bonds is 6. The molecule has 0 fully saturated rings. The van der Waals surface area contributed by atoms with Gasteiger partial charge in [-0.25, -0.2) is 8.42 Å². The van der Waals surface area contributed by atoms with E-state index in [9.17, 15) is 8.42 Å². The van der Waals surface area contributed by atoms with Gasteiger partial charge < -0.3 is 0 Å². The van der Waals surface area contributed by atoms with Crippen LogP contribution in [0.4, 0.5) is 0 Å². The quantitative estimate of drug-likeness (QED) is 0.814. The van der Waals surface area contributed by atoms with E-state index in [2.05, 4.69) is 0 Å². The highest BCUT2D eigenvalue weighted by atomic mass is 32.2. The minimum Gasteiger partial charge on any atom is -0.273 e. The van der Waals surface area contributed by atoms with Crippen molar-refractivity contribution >= 4 is 10.0 Å². The van der Waals surface area contributed by atoms with Gasteiger partial charge >= 0.3 is 0 Å². The first-order valence-corrected chi connectivity index (χ1v) is 8.73. The Morgan fingerprint density at radius 2 is 1.64 bits per heavy atom. The molecule has 0 aliphatic rings. The van der Waals surface area contributed by atoms with Gasteiger partial charge in [0.25, 0.3) is 10.0 Å². The molecule has 0 amide bonds. The Kier molecular flexibility index (Phi) is 5.39. The minimum absolute atomic E-state index is 0.323. The van der Waals surface area contributed by atoms with Crippen molar-refractivity contribution in [2.75, 3.05) is 6.54 Å². The van der Waals surface area contributed by atoms with Gasteiger partial charge in [-0.3, -0.25) is 4.31 Å². The highest BCUT2D eigenvalue weighted by Crippen LogP contribution is 2.17. The summed E-state index contributed by atoms with van der Waals surface area (Å²) in [6.45, 7) is 4.18. The number of benzene rings is 2. The third-order valence-electron chi connectivity index (χ3n) is 3.41. The first-order valence-electron chi connectivity index (χ1n) is 7.29. The fourth-order valence-corrected chi connectivity index (χ4v) is 3.54. The summed E-state index contributed by atoms with van der Waals surface area (Å²) >= 11 is 0. The summed E-state index contributed by atoms with van der Waals surface area (Å²) in [6, 6.07) is 16.8. The van der Waals surface area contributed by atoms with Gasteiger partial charge in [-0.05, 0) is 38.0 Å². The maximum absolute atomic E-state index is 12.7. The van der Waals surface area contributed by atoms with Gasteiger partial charge in [0.15, 0.2) is 0 Å². The van der Waals surface area contributed by atoms with E-state index in [1.54, 1.807) is 24.4 Å². The molecule has 0 atom stereocenters. The summed E-state index contributed by atoms with van der Waals surface area (Å²) < 4.78 is 26.9. The molecule has 0 aliphatic heterocycles. The van der Waals surface area contributed by atoms with Crippen molar-refractivity contribution in [3.05, 3.63) is 78.0 Å². The van der Waals surface area contributed by atoms with Gasteiger partial charge in [-0.2, -0.15) is 0 Å². The Morgan fingerprint density at radius 3 is 2.23 bits per heavy atom. The molecule has 116 valence electrons. The monoisotopic (exact) mass is 315 g/mol. The predicted octanol–water partition coefficient (Wildman–Crippen LogP) is 3.76. The van der Waals surface area contributed by atoms with Crippen molar-refractivity contribution in [2.24, 2.45) is 0 Å². The normalized spacial score (nSPS) is 11.7. The average Bonchev–Trinajstić information content (AvgIpc) is 2.52. The number of nitrogens with zero attached hydrogens (tertiary/aromatic N) is 1. The smallest absolute Gasteiger partial charge is 0.263 e. The summed E-state index contributed by atoms with van der Waals surface area (Å²) in [7, 11) is -3.50. The van der Waals surface area contributed by atoms with Gasteiger partial charge in [0.1, 0.15) is 0 Å². The molecule has 3 nitrogen and oxygen atoms in total. The third kappa shape index (κ3) is 3.98. The van der Waals surface area contributed by atoms with Gasteiger partial charge in [0.05, 0.1) is 4.90 Å². The van der Waals surface area contributed by atoms with Crippen LogP contribution in [0.3, 0.4) is 0 Å². The molecule has 0 spiro atoms. The van der Waals surface area contributed by atoms with Gasteiger partial charge in [-0.1, -0.05) is 54.1 Å². The van der Waals surface area contributed by atoms with Crippen LogP contribution in [0, 0.1) is 6.92 Å². The summed E-state index contributed by atoms with van der Waals surface area (Å²) in [4.78, 5) is 0.323. The molecule has 4 heteroatoms. The zero-order chi connectivity index (χ0) is 16.0. The average molecular weight is 315 g/mol. The van der Waals surface area contributed by atoms with Crippen molar-refractivity contribution in [1.29, 1.82) is 0 Å². The van der Waals surface area contributed by atoms with Crippen LogP contribution in [0.5, 0.6) is 0 Å². The van der Waals surface area contributed by atoms with E-state index >= 15 is 0 Å². The third-order valence-corrected chi connectivity index (χ3v) is 5.20. The van der Waals surface area contributed by atoms with Crippen LogP contribution in [-0.2, 0) is 16.4 Å². The topological polar surface area (TPSA) is 37.4 Å². The summed E-state index contributed by atoms with van der Waals surface area (Å²) in [5.41, 5.74) is 2.16. The van der Waals surface area contributed by atoms with Crippen LogP contribution in [0.2, 0.25) is 0 Å². The van der Waals surface area contributed by atoms with Crippen LogP contribution in [0.1, 0.15) is 18.1 Å². The molecule has 2 aromatic carbocycles. The van der Waals surface area contributed by atoms with Crippen molar-refractivity contribution in [1.82, 2.24) is 4.31 Å². The van der Waals surface area contributed by atoms with E-state index in [1.165, 1.54) is 4.31 Å². The Labute approximate surface area is 133 Å². The van der Waals surface area contributed by atoms with Crippen molar-refractivity contribution in [2.45, 2.75) is 25.2 Å². The van der Waals surface area contributed by atoms with Gasteiger partial charge in [0, 0.05) is 12.7 Å². The Morgan fingerprint density at radius 1 is 1.00 bits per heavy atom. The van der Waals surface area contributed by atoms with E-state index in [0.717, 1.165) is 11.1 Å². The van der Waals surface area contributed by atoms with Crippen LogP contribution in [0.25, 0.3) is 0 Å². The molecular weight excluding hydrogens is 294 g/mol. The Hall–Kier alpha value is -2.07. The first-order chi connectivity index (χ1) is 10.5. The van der Waals surface area contributed by atoms with Crippen LogP contribution >= 0.6 is 0 Å². The fourth-order valence-electron chi connectivity index (χ4n) is 2.17. The lowest BCUT2D eigenvalue weighted by atomic mass is 10.1. The molecule has 0 unspecified atom stereocenters. The molecule has 2 rings (SSSR count). The largest absolute Gasteiger partial charge is 0.273 e. The van der Waals surface area contributed by atoms with Crippen molar-refractivity contribution in [3.8, 4) is 0 Å². The van der Waals surface area contributed by atoms with E-state index in [0.29, 0.717) is 17.9 Å². The zero-order valence-electron chi connectivity index (χ0n) is 12.9. The predicted molar refractivity (Wildman–Crippen MR) is 90.0 cm³/mol. The second-order valence-electron chi connectivity index (χ2n) is 5.15. The highest BCUT2D eigenvalue weighted by Gasteiger charge is 2.20. The number of hydrogen-bond donors (Lipinski definition) is 0. The number of sulfonamides is 1. The second-order valence-corrected chi connectivity index (χ2v) is 7.04. The molecule has 0 saturated carbocycles. The fraction of sp³-hybridized carbons (Fsp3) is 0.222. The molecular formula is C18H21NO2S. The number of allylic oxidation sites excluding steroid dienone is 1. The summed E-state index contributed by atoms with van der Waals surface area (Å²) in [6.07, 6.45) is 4.05. The van der Waals surface area contributed by atoms with Crippen molar-refractivity contribution < 1.29 is 8.42 Å². The second kappa shape index (κ2) is 7.27. The molecule has 0 aliphatic carbocycles. The molecule has 0 saturated heterocycles. The van der Waals surface area contributed by atoms with E-state index in [4.69, 9.17) is 0 Å². The molecule has 0 heterocycles. The van der Waals surface area contributed by atoms with Crippen LogP contribution in [0.15, 0.2) is 71.8 Å². The summed E-state index contributed by atoms with van der Waals surface area (Å²) in [5, 5.41) is 0. The van der Waals surface area contributed by atoms with Crippen LogP contribution in [-0.4, -0.2) is 19.3 Å². The molecule has 0 bridgehead atoms. The zero-order valence-corrected chi connectivity index (χ0v) is 13.8. The SMILES string of the molecule is C/C=C/N(CCc1ccccc1)S(=O)(=O)c1ccc(C)cc1. The first kappa shape index (κ1) is 16.3. The van der Waals surface area contributed by atoms with E-state index in [1.807, 2.05) is 56.3 Å². The molecule has 22 heavy (non-hydrogen) atoms. The Balaban J connectivity index is 2.21. The standard InChI is InChI=1S/C18H21NO2S/c1-3-14-19(15-13-17-7-5-4-6-8-17)22(20,21)18-11-9-16(2)10-12-18/h3-12,14H,13,15H2,1-2H3/b14-3+. The number of aryl methyl sites for hydroxylation is 1. The van der Waals surface area contributed by atoms with E-state index < -0.39 is 10.0 Å². The van der Waals surface area contributed by atoms with Gasteiger partial charge in [0.2, 0.25) is 0 Å². The highest BCUT2D eigenvalue weighted by molar-refractivity contribution is 7.89. The molecule has 2 aromatic rings. The summed E-state index contributed by atoms with van der Waals surface area (Å²) in [5.74, 6) is 0. The molecule has 0 radical (unpaired) electrons. The molecule has 0 N–H and O–H groups in total. The van der Waals surface area contributed by atoms with E-state index in [-0.39, 0.29) is 0 Å². The molecule has 0 aromatic heterocycles. The van der Waals surface area contributed by atoms with Crippen LogP contribution < -0.4 is 0 Å². The lowest BCUT2D eigenvalue weighted by Gasteiger charge is -2.20. The maximum atomic E-state index is 12.7. The van der Waals surface area contributed by atoms with Gasteiger partial charge in [-0.15, -0.1) is 0 Å². The lowest BCUT2D eigenvalue weighted by Crippen LogP contribution is -2.28. The minimum atomic E-state index is -3.50. The Bertz CT molecular complexity index is 719. The maximum Gasteiger partial charge on any atom is 0.263 e. The van der Waals surface area contributed by atoms with Crippen molar-refractivity contribution in [3.63, 3.8) is 0 Å². The lowest BCUT2D eigenvalue weighted by molar-refractivity contribution is 0.499. The number of hydrogen-bond acceptors (Lipinski definition) is 2.